The molecule has 0 radical (unpaired) electrons. The van der Waals surface area contributed by atoms with Crippen molar-refractivity contribution < 1.29 is 19.6 Å². The predicted molar refractivity (Wildman–Crippen MR) is 90.7 cm³/mol. The molecule has 0 aromatic heterocycles. The second-order valence-corrected chi connectivity index (χ2v) is 5.70. The van der Waals surface area contributed by atoms with Gasteiger partial charge in [0.2, 0.25) is 0 Å². The SMILES string of the molecule is COc1cc(SC)ccc1C(=O)NCc1cc([N+](=O)[O-])ccc1O. The Morgan fingerprint density at radius 3 is 2.71 bits per heavy atom. The molecule has 2 aromatic carbocycles. The van der Waals surface area contributed by atoms with E-state index in [1.54, 1.807) is 18.2 Å². The molecule has 0 saturated heterocycles. The number of hydrogen-bond acceptors (Lipinski definition) is 6. The number of nitrogens with zero attached hydrogens (tertiary/aromatic N) is 1. The summed E-state index contributed by atoms with van der Waals surface area (Å²) in [4.78, 5) is 23.5. The maximum absolute atomic E-state index is 12.3. The Morgan fingerprint density at radius 1 is 1.33 bits per heavy atom. The quantitative estimate of drug-likeness (QED) is 0.473. The number of rotatable bonds is 6. The molecule has 0 atom stereocenters. The first-order chi connectivity index (χ1) is 11.5. The van der Waals surface area contributed by atoms with Crippen LogP contribution >= 0.6 is 11.8 Å². The minimum atomic E-state index is -0.561. The van der Waals surface area contributed by atoms with Gasteiger partial charge in [-0.25, -0.2) is 0 Å². The van der Waals surface area contributed by atoms with Gasteiger partial charge in [-0.05, 0) is 30.5 Å². The van der Waals surface area contributed by atoms with Crippen LogP contribution in [0.3, 0.4) is 0 Å². The molecule has 0 saturated carbocycles. The first-order valence-corrected chi connectivity index (χ1v) is 8.15. The van der Waals surface area contributed by atoms with Crippen LogP contribution in [0.15, 0.2) is 41.3 Å². The van der Waals surface area contributed by atoms with Crippen molar-refractivity contribution in [2.75, 3.05) is 13.4 Å². The van der Waals surface area contributed by atoms with Gasteiger partial charge in [0.15, 0.2) is 0 Å². The van der Waals surface area contributed by atoms with Gasteiger partial charge in [0.05, 0.1) is 17.6 Å². The standard InChI is InChI=1S/C16H16N2O5S/c1-23-15-8-12(24-2)4-5-13(15)16(20)17-9-10-7-11(18(21)22)3-6-14(10)19/h3-8,19H,9H2,1-2H3,(H,17,20). The van der Waals surface area contributed by atoms with Crippen molar-refractivity contribution in [3.63, 3.8) is 0 Å². The number of nitrogens with one attached hydrogen (secondary N) is 1. The maximum Gasteiger partial charge on any atom is 0.270 e. The Bertz CT molecular complexity index is 779. The van der Waals surface area contributed by atoms with Gasteiger partial charge >= 0.3 is 0 Å². The number of methoxy groups -OCH3 is 1. The zero-order valence-electron chi connectivity index (χ0n) is 13.1. The van der Waals surface area contributed by atoms with E-state index in [9.17, 15) is 20.0 Å². The molecular formula is C16H16N2O5S. The van der Waals surface area contributed by atoms with Crippen LogP contribution in [-0.2, 0) is 6.54 Å². The van der Waals surface area contributed by atoms with Gasteiger partial charge in [-0.3, -0.25) is 14.9 Å². The number of phenolic OH excluding ortho intramolecular Hbond substituents is 1. The molecule has 24 heavy (non-hydrogen) atoms. The smallest absolute Gasteiger partial charge is 0.270 e. The summed E-state index contributed by atoms with van der Waals surface area (Å²) in [7, 11) is 1.47. The van der Waals surface area contributed by atoms with Crippen LogP contribution in [0.4, 0.5) is 5.69 Å². The summed E-state index contributed by atoms with van der Waals surface area (Å²) in [5.74, 6) is -0.0846. The van der Waals surface area contributed by atoms with Gasteiger partial charge in [0, 0.05) is 29.1 Å². The minimum absolute atomic E-state index is 0.0419. The van der Waals surface area contributed by atoms with E-state index in [0.717, 1.165) is 4.90 Å². The van der Waals surface area contributed by atoms with Gasteiger partial charge in [-0.1, -0.05) is 0 Å². The largest absolute Gasteiger partial charge is 0.508 e. The average molecular weight is 348 g/mol. The Labute approximate surface area is 142 Å². The molecule has 0 heterocycles. The van der Waals surface area contributed by atoms with Crippen molar-refractivity contribution in [3.05, 3.63) is 57.6 Å². The van der Waals surface area contributed by atoms with E-state index in [1.165, 1.54) is 37.1 Å². The third-order valence-corrected chi connectivity index (χ3v) is 4.09. The topological polar surface area (TPSA) is 102 Å². The summed E-state index contributed by atoms with van der Waals surface area (Å²) in [6.45, 7) is -0.0419. The van der Waals surface area contributed by atoms with E-state index < -0.39 is 10.8 Å². The van der Waals surface area contributed by atoms with Gasteiger partial charge < -0.3 is 15.2 Å². The molecule has 0 aliphatic heterocycles. The molecular weight excluding hydrogens is 332 g/mol. The maximum atomic E-state index is 12.3. The van der Waals surface area contributed by atoms with Gasteiger partial charge in [-0.15, -0.1) is 11.8 Å². The molecule has 126 valence electrons. The first kappa shape index (κ1) is 17.6. The fourth-order valence-corrected chi connectivity index (χ4v) is 2.51. The number of benzene rings is 2. The minimum Gasteiger partial charge on any atom is -0.508 e. The average Bonchev–Trinajstić information content (AvgIpc) is 2.59. The predicted octanol–water partition coefficient (Wildman–Crippen LogP) is 2.96. The number of non-ortho nitro benzene ring substituents is 1. The van der Waals surface area contributed by atoms with E-state index in [4.69, 9.17) is 4.74 Å². The van der Waals surface area contributed by atoms with E-state index in [0.29, 0.717) is 11.3 Å². The third kappa shape index (κ3) is 3.96. The number of nitro groups is 1. The van der Waals surface area contributed by atoms with E-state index in [2.05, 4.69) is 5.32 Å². The highest BCUT2D eigenvalue weighted by molar-refractivity contribution is 7.98. The lowest BCUT2D eigenvalue weighted by Crippen LogP contribution is -2.23. The van der Waals surface area contributed by atoms with E-state index in [1.807, 2.05) is 6.26 Å². The number of carbonyl (C=O) groups is 1. The van der Waals surface area contributed by atoms with Crippen LogP contribution in [-0.4, -0.2) is 29.3 Å². The zero-order chi connectivity index (χ0) is 17.7. The van der Waals surface area contributed by atoms with Crippen molar-refractivity contribution in [2.24, 2.45) is 0 Å². The van der Waals surface area contributed by atoms with Crippen LogP contribution in [0.5, 0.6) is 11.5 Å². The molecule has 2 N–H and O–H groups in total. The molecule has 0 unspecified atom stereocenters. The number of hydrogen-bond donors (Lipinski definition) is 2. The summed E-state index contributed by atoms with van der Waals surface area (Å²) in [6.07, 6.45) is 1.92. The molecule has 7 nitrogen and oxygen atoms in total. The van der Waals surface area contributed by atoms with Crippen LogP contribution in [0, 0.1) is 10.1 Å². The molecule has 2 rings (SSSR count). The van der Waals surface area contributed by atoms with Crippen LogP contribution in [0.25, 0.3) is 0 Å². The number of nitro benzene ring substituents is 1. The highest BCUT2D eigenvalue weighted by atomic mass is 32.2. The molecule has 0 aliphatic rings. The van der Waals surface area contributed by atoms with Crippen LogP contribution < -0.4 is 10.1 Å². The molecule has 0 bridgehead atoms. The lowest BCUT2D eigenvalue weighted by atomic mass is 10.1. The zero-order valence-corrected chi connectivity index (χ0v) is 13.9. The highest BCUT2D eigenvalue weighted by Gasteiger charge is 2.15. The van der Waals surface area contributed by atoms with Crippen molar-refractivity contribution in [2.45, 2.75) is 11.4 Å². The Morgan fingerprint density at radius 2 is 2.08 bits per heavy atom. The molecule has 8 heteroatoms. The number of thioether (sulfide) groups is 1. The van der Waals surface area contributed by atoms with Gasteiger partial charge in [0.25, 0.3) is 11.6 Å². The Hall–Kier alpha value is -2.74. The monoisotopic (exact) mass is 348 g/mol. The van der Waals surface area contributed by atoms with E-state index in [-0.39, 0.29) is 23.5 Å². The van der Waals surface area contributed by atoms with Crippen LogP contribution in [0.1, 0.15) is 15.9 Å². The van der Waals surface area contributed by atoms with E-state index >= 15 is 0 Å². The van der Waals surface area contributed by atoms with Crippen molar-refractivity contribution in [1.29, 1.82) is 0 Å². The summed E-state index contributed by atoms with van der Waals surface area (Å²) in [6, 6.07) is 8.85. The molecule has 1 amide bonds. The van der Waals surface area contributed by atoms with Gasteiger partial charge in [-0.2, -0.15) is 0 Å². The molecule has 0 spiro atoms. The normalized spacial score (nSPS) is 10.2. The second-order valence-electron chi connectivity index (χ2n) is 4.82. The molecule has 2 aromatic rings. The van der Waals surface area contributed by atoms with Crippen molar-refractivity contribution in [1.82, 2.24) is 5.32 Å². The summed E-state index contributed by atoms with van der Waals surface area (Å²) < 4.78 is 5.22. The highest BCUT2D eigenvalue weighted by Crippen LogP contribution is 2.26. The number of carbonyl (C=O) groups excluding carboxylic acids is 1. The third-order valence-electron chi connectivity index (χ3n) is 3.37. The van der Waals surface area contributed by atoms with Crippen molar-refractivity contribution in [3.8, 4) is 11.5 Å². The molecule has 0 aliphatic carbocycles. The summed E-state index contributed by atoms with van der Waals surface area (Å²) in [5, 5.41) is 23.2. The molecule has 0 fully saturated rings. The second kappa shape index (κ2) is 7.69. The number of aromatic hydroxyl groups is 1. The lowest BCUT2D eigenvalue weighted by Gasteiger charge is -2.11. The van der Waals surface area contributed by atoms with Crippen molar-refractivity contribution >= 4 is 23.4 Å². The summed E-state index contributed by atoms with van der Waals surface area (Å²) >= 11 is 1.53. The first-order valence-electron chi connectivity index (χ1n) is 6.92. The number of phenols is 1. The van der Waals surface area contributed by atoms with Crippen LogP contribution in [0.2, 0.25) is 0 Å². The number of amides is 1. The number of ether oxygens (including phenoxy) is 1. The Balaban J connectivity index is 2.16. The lowest BCUT2D eigenvalue weighted by molar-refractivity contribution is -0.384. The Kier molecular flexibility index (Phi) is 5.64. The summed E-state index contributed by atoms with van der Waals surface area (Å²) in [5.41, 5.74) is 0.455. The van der Waals surface area contributed by atoms with Gasteiger partial charge in [0.1, 0.15) is 11.5 Å². The fraction of sp³-hybridized carbons (Fsp3) is 0.188. The fourth-order valence-electron chi connectivity index (χ4n) is 2.08.